The van der Waals surface area contributed by atoms with Crippen molar-refractivity contribution in [3.8, 4) is 5.75 Å². The van der Waals surface area contributed by atoms with Crippen molar-refractivity contribution in [1.29, 1.82) is 0 Å². The Labute approximate surface area is 125 Å². The van der Waals surface area contributed by atoms with E-state index in [1.54, 1.807) is 23.5 Å². The van der Waals surface area contributed by atoms with Crippen LogP contribution in [-0.2, 0) is 0 Å². The first kappa shape index (κ1) is 13.6. The standard InChI is InChI=1S/C16H12FNO2S/c1-20-12-3-4-13(14(17)9-12)16(19)18-11-2-5-15-10(8-11)6-7-21-15/h2-9H,1H3,(H,18,19). The number of halogens is 1. The zero-order chi connectivity index (χ0) is 14.8. The highest BCUT2D eigenvalue weighted by atomic mass is 32.1. The fourth-order valence-corrected chi connectivity index (χ4v) is 2.82. The minimum absolute atomic E-state index is 0.0128. The largest absolute Gasteiger partial charge is 0.497 e. The average molecular weight is 301 g/mol. The van der Waals surface area contributed by atoms with Gasteiger partial charge in [0, 0.05) is 16.5 Å². The minimum Gasteiger partial charge on any atom is -0.497 e. The second kappa shape index (κ2) is 5.54. The van der Waals surface area contributed by atoms with E-state index in [-0.39, 0.29) is 5.56 Å². The molecule has 3 nitrogen and oxygen atoms in total. The van der Waals surface area contributed by atoms with Crippen molar-refractivity contribution < 1.29 is 13.9 Å². The van der Waals surface area contributed by atoms with Gasteiger partial charge in [-0.2, -0.15) is 0 Å². The van der Waals surface area contributed by atoms with Gasteiger partial charge in [-0.25, -0.2) is 4.39 Å². The lowest BCUT2D eigenvalue weighted by Crippen LogP contribution is -2.13. The molecule has 0 saturated heterocycles. The van der Waals surface area contributed by atoms with Gasteiger partial charge in [0.25, 0.3) is 5.91 Å². The average Bonchev–Trinajstić information content (AvgIpc) is 2.94. The molecular weight excluding hydrogens is 289 g/mol. The van der Waals surface area contributed by atoms with Crippen molar-refractivity contribution in [3.05, 3.63) is 59.2 Å². The van der Waals surface area contributed by atoms with Crippen molar-refractivity contribution in [2.24, 2.45) is 0 Å². The van der Waals surface area contributed by atoms with Crippen LogP contribution in [0.4, 0.5) is 10.1 Å². The summed E-state index contributed by atoms with van der Waals surface area (Å²) in [5.41, 5.74) is 0.627. The molecule has 0 radical (unpaired) electrons. The molecule has 0 saturated carbocycles. The second-order valence-corrected chi connectivity index (χ2v) is 5.42. The van der Waals surface area contributed by atoms with Gasteiger partial charge in [-0.3, -0.25) is 4.79 Å². The lowest BCUT2D eigenvalue weighted by molar-refractivity contribution is 0.102. The molecule has 0 fully saturated rings. The Balaban J connectivity index is 1.85. The molecule has 1 amide bonds. The molecule has 1 heterocycles. The van der Waals surface area contributed by atoms with Gasteiger partial charge >= 0.3 is 0 Å². The zero-order valence-corrected chi connectivity index (χ0v) is 12.0. The van der Waals surface area contributed by atoms with Crippen molar-refractivity contribution in [1.82, 2.24) is 0 Å². The zero-order valence-electron chi connectivity index (χ0n) is 11.2. The monoisotopic (exact) mass is 301 g/mol. The van der Waals surface area contributed by atoms with Crippen LogP contribution >= 0.6 is 11.3 Å². The van der Waals surface area contributed by atoms with E-state index in [1.165, 1.54) is 19.2 Å². The van der Waals surface area contributed by atoms with Crippen LogP contribution in [-0.4, -0.2) is 13.0 Å². The molecule has 3 aromatic rings. The highest BCUT2D eigenvalue weighted by Crippen LogP contribution is 2.24. The summed E-state index contributed by atoms with van der Waals surface area (Å²) in [4.78, 5) is 12.1. The summed E-state index contributed by atoms with van der Waals surface area (Å²) < 4.78 is 19.9. The van der Waals surface area contributed by atoms with Crippen LogP contribution < -0.4 is 10.1 Å². The number of nitrogens with one attached hydrogen (secondary N) is 1. The Morgan fingerprint density at radius 2 is 2.05 bits per heavy atom. The highest BCUT2D eigenvalue weighted by Gasteiger charge is 2.13. The van der Waals surface area contributed by atoms with Gasteiger partial charge in [0.1, 0.15) is 11.6 Å². The number of rotatable bonds is 3. The van der Waals surface area contributed by atoms with E-state index in [2.05, 4.69) is 5.32 Å². The molecule has 0 bridgehead atoms. The molecular formula is C16H12FNO2S. The maximum absolute atomic E-state index is 13.9. The van der Waals surface area contributed by atoms with Gasteiger partial charge in [-0.1, -0.05) is 0 Å². The third kappa shape index (κ3) is 2.73. The predicted molar refractivity (Wildman–Crippen MR) is 82.7 cm³/mol. The Kier molecular flexibility index (Phi) is 3.58. The summed E-state index contributed by atoms with van der Waals surface area (Å²) in [7, 11) is 1.45. The summed E-state index contributed by atoms with van der Waals surface area (Å²) in [6.45, 7) is 0. The van der Waals surface area contributed by atoms with E-state index in [4.69, 9.17) is 4.74 Å². The first-order valence-electron chi connectivity index (χ1n) is 6.29. The number of benzene rings is 2. The summed E-state index contributed by atoms with van der Waals surface area (Å²) in [6, 6.07) is 11.7. The number of fused-ring (bicyclic) bond motifs is 1. The summed E-state index contributed by atoms with van der Waals surface area (Å²) in [5.74, 6) is -0.711. The number of hydrogen-bond donors (Lipinski definition) is 1. The maximum atomic E-state index is 13.9. The topological polar surface area (TPSA) is 38.3 Å². The third-order valence-corrected chi connectivity index (χ3v) is 4.03. The Morgan fingerprint density at radius 1 is 1.19 bits per heavy atom. The van der Waals surface area contributed by atoms with Gasteiger partial charge in [0.15, 0.2) is 0 Å². The SMILES string of the molecule is COc1ccc(C(=O)Nc2ccc3sccc3c2)c(F)c1. The molecule has 0 aliphatic heterocycles. The number of methoxy groups -OCH3 is 1. The molecule has 1 N–H and O–H groups in total. The molecule has 0 aliphatic rings. The fourth-order valence-electron chi connectivity index (χ4n) is 2.05. The lowest BCUT2D eigenvalue weighted by atomic mass is 10.1. The van der Waals surface area contributed by atoms with Crippen LogP contribution in [0.3, 0.4) is 0 Å². The molecule has 5 heteroatoms. The van der Waals surface area contributed by atoms with Gasteiger partial charge in [-0.15, -0.1) is 11.3 Å². The molecule has 0 aliphatic carbocycles. The number of carbonyl (C=O) groups excluding carboxylic acids is 1. The van der Waals surface area contributed by atoms with E-state index in [0.29, 0.717) is 11.4 Å². The number of amides is 1. The first-order valence-corrected chi connectivity index (χ1v) is 7.17. The number of thiophene rings is 1. The van der Waals surface area contributed by atoms with E-state index < -0.39 is 11.7 Å². The third-order valence-electron chi connectivity index (χ3n) is 3.13. The first-order chi connectivity index (χ1) is 10.2. The normalized spacial score (nSPS) is 10.6. The number of carbonyl (C=O) groups is 1. The minimum atomic E-state index is -0.608. The summed E-state index contributed by atoms with van der Waals surface area (Å²) in [5, 5.41) is 5.74. The maximum Gasteiger partial charge on any atom is 0.258 e. The molecule has 21 heavy (non-hydrogen) atoms. The van der Waals surface area contributed by atoms with Crippen LogP contribution in [0.5, 0.6) is 5.75 Å². The van der Waals surface area contributed by atoms with Gasteiger partial charge in [-0.05, 0) is 47.2 Å². The molecule has 0 unspecified atom stereocenters. The molecule has 0 atom stereocenters. The van der Waals surface area contributed by atoms with Crippen molar-refractivity contribution in [3.63, 3.8) is 0 Å². The van der Waals surface area contributed by atoms with Crippen molar-refractivity contribution in [2.75, 3.05) is 12.4 Å². The molecule has 1 aromatic heterocycles. The highest BCUT2D eigenvalue weighted by molar-refractivity contribution is 7.17. The van der Waals surface area contributed by atoms with E-state index in [1.807, 2.05) is 23.6 Å². The molecule has 0 spiro atoms. The fraction of sp³-hybridized carbons (Fsp3) is 0.0625. The summed E-state index contributed by atoms with van der Waals surface area (Å²) in [6.07, 6.45) is 0. The Bertz CT molecular complexity index is 813. The van der Waals surface area contributed by atoms with Crippen LogP contribution in [0, 0.1) is 5.82 Å². The van der Waals surface area contributed by atoms with Crippen molar-refractivity contribution >= 4 is 33.0 Å². The van der Waals surface area contributed by atoms with Gasteiger partial charge in [0.2, 0.25) is 0 Å². The summed E-state index contributed by atoms with van der Waals surface area (Å²) >= 11 is 1.63. The van der Waals surface area contributed by atoms with Gasteiger partial charge < -0.3 is 10.1 Å². The number of anilines is 1. The van der Waals surface area contributed by atoms with Crippen LogP contribution in [0.25, 0.3) is 10.1 Å². The Hall–Kier alpha value is -2.40. The molecule has 106 valence electrons. The lowest BCUT2D eigenvalue weighted by Gasteiger charge is -2.07. The van der Waals surface area contributed by atoms with Crippen LogP contribution in [0.2, 0.25) is 0 Å². The molecule has 3 rings (SSSR count). The predicted octanol–water partition coefficient (Wildman–Crippen LogP) is 4.30. The Morgan fingerprint density at radius 3 is 2.81 bits per heavy atom. The van der Waals surface area contributed by atoms with Crippen LogP contribution in [0.15, 0.2) is 47.8 Å². The van der Waals surface area contributed by atoms with E-state index in [0.717, 1.165) is 10.1 Å². The second-order valence-electron chi connectivity index (χ2n) is 4.47. The van der Waals surface area contributed by atoms with E-state index in [9.17, 15) is 9.18 Å². The van der Waals surface area contributed by atoms with Gasteiger partial charge in [0.05, 0.1) is 12.7 Å². The number of hydrogen-bond acceptors (Lipinski definition) is 3. The quantitative estimate of drug-likeness (QED) is 0.783. The van der Waals surface area contributed by atoms with E-state index >= 15 is 0 Å². The number of ether oxygens (including phenoxy) is 1. The smallest absolute Gasteiger partial charge is 0.258 e. The molecule has 2 aromatic carbocycles. The van der Waals surface area contributed by atoms with Crippen molar-refractivity contribution in [2.45, 2.75) is 0 Å². The van der Waals surface area contributed by atoms with Crippen LogP contribution in [0.1, 0.15) is 10.4 Å².